The van der Waals surface area contributed by atoms with Crippen molar-refractivity contribution in [3.63, 3.8) is 0 Å². The number of hydrogen-bond acceptors (Lipinski definition) is 3. The van der Waals surface area contributed by atoms with E-state index in [2.05, 4.69) is 12.2 Å². The van der Waals surface area contributed by atoms with Crippen LogP contribution in [-0.4, -0.2) is 16.6 Å². The van der Waals surface area contributed by atoms with Crippen molar-refractivity contribution in [3.8, 4) is 0 Å². The molecule has 1 atom stereocenters. The van der Waals surface area contributed by atoms with Crippen LogP contribution in [0.3, 0.4) is 0 Å². The highest BCUT2D eigenvalue weighted by atomic mass is 32.1. The predicted octanol–water partition coefficient (Wildman–Crippen LogP) is 2.48. The average Bonchev–Trinajstić information content (AvgIpc) is 2.68. The molecule has 1 aromatic heterocycles. The first-order valence-corrected chi connectivity index (χ1v) is 6.40. The Morgan fingerprint density at radius 1 is 1.62 bits per heavy atom. The lowest BCUT2D eigenvalue weighted by atomic mass is 10.1. The van der Waals surface area contributed by atoms with Crippen molar-refractivity contribution in [1.82, 2.24) is 5.32 Å². The van der Waals surface area contributed by atoms with Gasteiger partial charge >= 0.3 is 0 Å². The van der Waals surface area contributed by atoms with Crippen LogP contribution in [0.25, 0.3) is 0 Å². The van der Waals surface area contributed by atoms with Gasteiger partial charge in [0.25, 0.3) is 5.91 Å². The first kappa shape index (κ1) is 13.2. The van der Waals surface area contributed by atoms with E-state index < -0.39 is 5.60 Å². The van der Waals surface area contributed by atoms with Crippen LogP contribution < -0.4 is 5.32 Å². The van der Waals surface area contributed by atoms with Gasteiger partial charge in [-0.25, -0.2) is 0 Å². The maximum absolute atomic E-state index is 11.7. The fourth-order valence-electron chi connectivity index (χ4n) is 1.40. The number of thiophene rings is 1. The molecule has 0 bridgehead atoms. The van der Waals surface area contributed by atoms with Crippen molar-refractivity contribution in [2.45, 2.75) is 45.3 Å². The molecule has 0 fully saturated rings. The Balaban J connectivity index is 2.70. The Bertz CT molecular complexity index is 327. The Labute approximate surface area is 100 Å². The third-order valence-electron chi connectivity index (χ3n) is 2.32. The number of nitrogens with one attached hydrogen (secondary N) is 1. The third-order valence-corrected chi connectivity index (χ3v) is 3.31. The van der Waals surface area contributed by atoms with Gasteiger partial charge in [0.15, 0.2) is 0 Å². The normalized spacial score (nSPS) is 13.5. The predicted molar refractivity (Wildman–Crippen MR) is 66.4 cm³/mol. The first-order valence-electron chi connectivity index (χ1n) is 5.52. The molecule has 0 radical (unpaired) electrons. The molecule has 1 aromatic rings. The highest BCUT2D eigenvalue weighted by molar-refractivity contribution is 7.10. The Kier molecular flexibility index (Phi) is 4.50. The molecular weight excluding hydrogens is 222 g/mol. The molecular formula is C12H19NO2S. The number of rotatable bonds is 5. The van der Waals surface area contributed by atoms with Gasteiger partial charge in [-0.05, 0) is 31.7 Å². The van der Waals surface area contributed by atoms with E-state index in [9.17, 15) is 9.90 Å². The highest BCUT2D eigenvalue weighted by Crippen LogP contribution is 2.23. The van der Waals surface area contributed by atoms with E-state index in [-0.39, 0.29) is 11.9 Å². The largest absolute Gasteiger partial charge is 0.381 e. The van der Waals surface area contributed by atoms with Crippen LogP contribution in [0.1, 0.15) is 44.5 Å². The second-order valence-electron chi connectivity index (χ2n) is 4.39. The van der Waals surface area contributed by atoms with Crippen molar-refractivity contribution in [1.29, 1.82) is 0 Å². The molecule has 2 N–H and O–H groups in total. The van der Waals surface area contributed by atoms with E-state index in [0.717, 1.165) is 17.7 Å². The molecule has 0 aromatic carbocycles. The topological polar surface area (TPSA) is 49.3 Å². The van der Waals surface area contributed by atoms with Crippen LogP contribution >= 0.6 is 11.3 Å². The molecule has 1 amide bonds. The van der Waals surface area contributed by atoms with Crippen LogP contribution in [0.15, 0.2) is 17.5 Å². The fourth-order valence-corrected chi connectivity index (χ4v) is 2.21. The summed E-state index contributed by atoms with van der Waals surface area (Å²) in [6, 6.07) is 4.00. The summed E-state index contributed by atoms with van der Waals surface area (Å²) in [6.45, 7) is 5.08. The molecule has 1 unspecified atom stereocenters. The summed E-state index contributed by atoms with van der Waals surface area (Å²) in [5, 5.41) is 14.5. The number of carbonyl (C=O) groups excluding carboxylic acids is 1. The molecule has 0 aliphatic rings. The zero-order valence-electron chi connectivity index (χ0n) is 9.99. The molecule has 1 rings (SSSR count). The summed E-state index contributed by atoms with van der Waals surface area (Å²) in [5.41, 5.74) is -1.32. The molecule has 4 heteroatoms. The number of carbonyl (C=O) groups is 1. The van der Waals surface area contributed by atoms with Gasteiger partial charge in [-0.1, -0.05) is 19.4 Å². The van der Waals surface area contributed by atoms with E-state index >= 15 is 0 Å². The lowest BCUT2D eigenvalue weighted by Gasteiger charge is -2.22. The highest BCUT2D eigenvalue weighted by Gasteiger charge is 2.26. The van der Waals surface area contributed by atoms with Gasteiger partial charge in [-0.15, -0.1) is 11.3 Å². The molecule has 0 saturated heterocycles. The van der Waals surface area contributed by atoms with E-state index in [1.165, 1.54) is 13.8 Å². The van der Waals surface area contributed by atoms with E-state index in [0.29, 0.717) is 0 Å². The SMILES string of the molecule is CCCC(NC(=O)C(C)(C)O)c1cccs1. The smallest absolute Gasteiger partial charge is 0.251 e. The molecule has 0 spiro atoms. The van der Waals surface area contributed by atoms with E-state index in [4.69, 9.17) is 0 Å². The quantitative estimate of drug-likeness (QED) is 0.832. The van der Waals surface area contributed by atoms with Gasteiger partial charge in [0.05, 0.1) is 6.04 Å². The summed E-state index contributed by atoms with van der Waals surface area (Å²) in [4.78, 5) is 12.8. The van der Waals surface area contributed by atoms with Gasteiger partial charge < -0.3 is 10.4 Å². The summed E-state index contributed by atoms with van der Waals surface area (Å²) < 4.78 is 0. The van der Waals surface area contributed by atoms with E-state index in [1.807, 2.05) is 17.5 Å². The minimum atomic E-state index is -1.32. The van der Waals surface area contributed by atoms with Crippen molar-refractivity contribution in [2.75, 3.05) is 0 Å². The van der Waals surface area contributed by atoms with Crippen molar-refractivity contribution >= 4 is 17.2 Å². The van der Waals surface area contributed by atoms with Crippen molar-refractivity contribution < 1.29 is 9.90 Å². The van der Waals surface area contributed by atoms with Crippen LogP contribution in [0.2, 0.25) is 0 Å². The summed E-state index contributed by atoms with van der Waals surface area (Å²) in [6.07, 6.45) is 1.89. The molecule has 90 valence electrons. The minimum Gasteiger partial charge on any atom is -0.381 e. The summed E-state index contributed by atoms with van der Waals surface area (Å²) >= 11 is 1.63. The zero-order valence-corrected chi connectivity index (χ0v) is 10.8. The van der Waals surface area contributed by atoms with Gasteiger partial charge in [0, 0.05) is 4.88 Å². The molecule has 0 aliphatic carbocycles. The number of aliphatic hydroxyl groups is 1. The summed E-state index contributed by atoms with van der Waals surface area (Å²) in [7, 11) is 0. The van der Waals surface area contributed by atoms with Gasteiger partial charge in [0.2, 0.25) is 0 Å². The molecule has 3 nitrogen and oxygen atoms in total. The maximum Gasteiger partial charge on any atom is 0.251 e. The molecule has 1 heterocycles. The van der Waals surface area contributed by atoms with Gasteiger partial charge in [-0.2, -0.15) is 0 Å². The van der Waals surface area contributed by atoms with Gasteiger partial charge in [-0.3, -0.25) is 4.79 Å². The van der Waals surface area contributed by atoms with Crippen LogP contribution in [0.5, 0.6) is 0 Å². The third kappa shape index (κ3) is 3.61. The Morgan fingerprint density at radius 3 is 2.75 bits per heavy atom. The van der Waals surface area contributed by atoms with Gasteiger partial charge in [0.1, 0.15) is 5.60 Å². The second kappa shape index (κ2) is 5.46. The lowest BCUT2D eigenvalue weighted by Crippen LogP contribution is -2.43. The number of amides is 1. The van der Waals surface area contributed by atoms with Crippen LogP contribution in [0.4, 0.5) is 0 Å². The molecule has 0 saturated carbocycles. The first-order chi connectivity index (χ1) is 7.45. The average molecular weight is 241 g/mol. The zero-order chi connectivity index (χ0) is 12.2. The molecule has 16 heavy (non-hydrogen) atoms. The maximum atomic E-state index is 11.7. The minimum absolute atomic E-state index is 0.0175. The number of hydrogen-bond donors (Lipinski definition) is 2. The standard InChI is InChI=1S/C12H19NO2S/c1-4-6-9(10-7-5-8-16-10)13-11(14)12(2,3)15/h5,7-9,15H,4,6H2,1-3H3,(H,13,14). The van der Waals surface area contributed by atoms with Crippen LogP contribution in [-0.2, 0) is 4.79 Å². The fraction of sp³-hybridized carbons (Fsp3) is 0.583. The van der Waals surface area contributed by atoms with Crippen LogP contribution in [0, 0.1) is 0 Å². The Morgan fingerprint density at radius 2 is 2.31 bits per heavy atom. The Hall–Kier alpha value is -0.870. The van der Waals surface area contributed by atoms with Crippen molar-refractivity contribution in [2.24, 2.45) is 0 Å². The molecule has 0 aliphatic heterocycles. The monoisotopic (exact) mass is 241 g/mol. The second-order valence-corrected chi connectivity index (χ2v) is 5.37. The van der Waals surface area contributed by atoms with E-state index in [1.54, 1.807) is 11.3 Å². The summed E-state index contributed by atoms with van der Waals surface area (Å²) in [5.74, 6) is -0.320. The lowest BCUT2D eigenvalue weighted by molar-refractivity contribution is -0.137. The van der Waals surface area contributed by atoms with Crippen molar-refractivity contribution in [3.05, 3.63) is 22.4 Å².